The molecule has 0 aliphatic carbocycles. The molecule has 2 atom stereocenters. The van der Waals surface area contributed by atoms with Crippen molar-refractivity contribution in [1.29, 1.82) is 0 Å². The Morgan fingerprint density at radius 3 is 2.83 bits per heavy atom. The van der Waals surface area contributed by atoms with Gasteiger partial charge in [0.05, 0.1) is 21.8 Å². The highest BCUT2D eigenvalue weighted by molar-refractivity contribution is 7.18. The van der Waals surface area contributed by atoms with Crippen molar-refractivity contribution in [3.63, 3.8) is 0 Å². The summed E-state index contributed by atoms with van der Waals surface area (Å²) < 4.78 is 6.82. The fraction of sp³-hybridized carbons (Fsp3) is 0.632. The summed E-state index contributed by atoms with van der Waals surface area (Å²) >= 11 is 1.85. The molecule has 130 valence electrons. The van der Waals surface area contributed by atoms with Crippen LogP contribution >= 0.6 is 11.3 Å². The lowest BCUT2D eigenvalue weighted by atomic mass is 10.1. The van der Waals surface area contributed by atoms with Gasteiger partial charge in [0, 0.05) is 51.8 Å². The van der Waals surface area contributed by atoms with Gasteiger partial charge in [-0.15, -0.1) is 11.3 Å². The summed E-state index contributed by atoms with van der Waals surface area (Å²) in [6.45, 7) is 10.3. The van der Waals surface area contributed by atoms with Gasteiger partial charge in [-0.1, -0.05) is 12.1 Å². The lowest BCUT2D eigenvalue weighted by molar-refractivity contribution is 0.0877. The molecule has 1 aromatic carbocycles. The van der Waals surface area contributed by atoms with Crippen molar-refractivity contribution in [2.45, 2.75) is 25.8 Å². The molecule has 0 spiro atoms. The first-order chi connectivity index (χ1) is 11.8. The monoisotopic (exact) mass is 345 g/mol. The van der Waals surface area contributed by atoms with Gasteiger partial charge in [0.25, 0.3) is 0 Å². The van der Waals surface area contributed by atoms with E-state index in [4.69, 9.17) is 9.72 Å². The van der Waals surface area contributed by atoms with Crippen LogP contribution in [0.15, 0.2) is 24.3 Å². The molecule has 2 aliphatic rings. The number of piperazine rings is 1. The highest BCUT2D eigenvalue weighted by atomic mass is 32.1. The van der Waals surface area contributed by atoms with Crippen LogP contribution in [-0.2, 0) is 11.2 Å². The van der Waals surface area contributed by atoms with Crippen molar-refractivity contribution in [1.82, 2.24) is 14.8 Å². The third-order valence-corrected chi connectivity index (χ3v) is 6.44. The molecule has 3 heterocycles. The quantitative estimate of drug-likeness (QED) is 0.833. The summed E-state index contributed by atoms with van der Waals surface area (Å²) in [5, 5.41) is 1.27. The van der Waals surface area contributed by atoms with Gasteiger partial charge in [-0.25, -0.2) is 4.98 Å². The SMILES string of the molecule is C[C@@H](Cc1nc2ccccc2s1)N1CCN(C[C@@H]2CCOC2)CC1. The average molecular weight is 346 g/mol. The Hall–Kier alpha value is -1.01. The number of para-hydroxylation sites is 1. The minimum absolute atomic E-state index is 0.572. The molecule has 0 saturated carbocycles. The molecule has 2 aliphatic heterocycles. The number of hydrogen-bond donors (Lipinski definition) is 0. The Morgan fingerprint density at radius 1 is 1.25 bits per heavy atom. The predicted octanol–water partition coefficient (Wildman–Crippen LogP) is 2.88. The van der Waals surface area contributed by atoms with E-state index in [1.54, 1.807) is 0 Å². The molecule has 0 unspecified atom stereocenters. The molecular formula is C19H27N3OS. The Bertz CT molecular complexity index is 626. The Kier molecular flexibility index (Phi) is 5.13. The lowest BCUT2D eigenvalue weighted by Gasteiger charge is -2.38. The summed E-state index contributed by atoms with van der Waals surface area (Å²) in [4.78, 5) is 10.1. The van der Waals surface area contributed by atoms with E-state index in [0.29, 0.717) is 6.04 Å². The zero-order valence-corrected chi connectivity index (χ0v) is 15.3. The van der Waals surface area contributed by atoms with Crippen molar-refractivity contribution in [2.75, 3.05) is 45.9 Å². The highest BCUT2D eigenvalue weighted by Crippen LogP contribution is 2.24. The zero-order chi connectivity index (χ0) is 16.4. The molecule has 0 N–H and O–H groups in total. The Morgan fingerprint density at radius 2 is 2.08 bits per heavy atom. The van der Waals surface area contributed by atoms with Crippen LogP contribution in [0.2, 0.25) is 0 Å². The van der Waals surface area contributed by atoms with Crippen LogP contribution in [0.25, 0.3) is 10.2 Å². The smallest absolute Gasteiger partial charge is 0.0954 e. The first kappa shape index (κ1) is 16.5. The molecule has 1 aromatic heterocycles. The summed E-state index contributed by atoms with van der Waals surface area (Å²) in [7, 11) is 0. The van der Waals surface area contributed by atoms with Crippen LogP contribution in [0.4, 0.5) is 0 Å². The number of aromatic nitrogens is 1. The average Bonchev–Trinajstić information content (AvgIpc) is 3.24. The van der Waals surface area contributed by atoms with Crippen molar-refractivity contribution in [2.24, 2.45) is 5.92 Å². The van der Waals surface area contributed by atoms with Crippen LogP contribution in [0.3, 0.4) is 0 Å². The van der Waals surface area contributed by atoms with Gasteiger partial charge in [0.15, 0.2) is 0 Å². The second-order valence-corrected chi connectivity index (χ2v) is 8.31. The fourth-order valence-corrected chi connectivity index (χ4v) is 4.96. The van der Waals surface area contributed by atoms with Crippen LogP contribution < -0.4 is 0 Å². The van der Waals surface area contributed by atoms with E-state index in [1.807, 2.05) is 11.3 Å². The van der Waals surface area contributed by atoms with Gasteiger partial charge in [-0.3, -0.25) is 4.90 Å². The van der Waals surface area contributed by atoms with E-state index in [-0.39, 0.29) is 0 Å². The molecule has 4 nitrogen and oxygen atoms in total. The summed E-state index contributed by atoms with van der Waals surface area (Å²) in [5.41, 5.74) is 1.15. The third-order valence-electron chi connectivity index (χ3n) is 5.38. The molecule has 5 heteroatoms. The van der Waals surface area contributed by atoms with Crippen molar-refractivity contribution >= 4 is 21.6 Å². The Labute approximate surface area is 148 Å². The van der Waals surface area contributed by atoms with Crippen molar-refractivity contribution in [3.05, 3.63) is 29.3 Å². The first-order valence-electron chi connectivity index (χ1n) is 9.16. The van der Waals surface area contributed by atoms with E-state index in [2.05, 4.69) is 41.0 Å². The zero-order valence-electron chi connectivity index (χ0n) is 14.5. The third kappa shape index (κ3) is 3.80. The van der Waals surface area contributed by atoms with Crippen molar-refractivity contribution in [3.8, 4) is 0 Å². The molecular weight excluding hydrogens is 318 g/mol. The van der Waals surface area contributed by atoms with Crippen LogP contribution in [0.1, 0.15) is 18.4 Å². The van der Waals surface area contributed by atoms with E-state index in [9.17, 15) is 0 Å². The van der Waals surface area contributed by atoms with Crippen LogP contribution in [0.5, 0.6) is 0 Å². The maximum Gasteiger partial charge on any atom is 0.0954 e. The maximum absolute atomic E-state index is 5.51. The van der Waals surface area contributed by atoms with E-state index in [0.717, 1.165) is 31.1 Å². The largest absolute Gasteiger partial charge is 0.381 e. The maximum atomic E-state index is 5.51. The number of hydrogen-bond acceptors (Lipinski definition) is 5. The number of nitrogens with zero attached hydrogens (tertiary/aromatic N) is 3. The summed E-state index contributed by atoms with van der Waals surface area (Å²) in [5.74, 6) is 0.761. The molecule has 24 heavy (non-hydrogen) atoms. The number of rotatable bonds is 5. The lowest BCUT2D eigenvalue weighted by Crippen LogP contribution is -2.51. The predicted molar refractivity (Wildman–Crippen MR) is 99.7 cm³/mol. The first-order valence-corrected chi connectivity index (χ1v) is 9.98. The number of benzene rings is 1. The van der Waals surface area contributed by atoms with E-state index in [1.165, 1.54) is 48.9 Å². The van der Waals surface area contributed by atoms with E-state index < -0.39 is 0 Å². The van der Waals surface area contributed by atoms with Gasteiger partial charge < -0.3 is 9.64 Å². The van der Waals surface area contributed by atoms with Crippen LogP contribution in [-0.4, -0.2) is 66.8 Å². The molecule has 2 fully saturated rings. The van der Waals surface area contributed by atoms with E-state index >= 15 is 0 Å². The molecule has 2 saturated heterocycles. The molecule has 4 rings (SSSR count). The number of thiazole rings is 1. The molecule has 0 amide bonds. The second kappa shape index (κ2) is 7.48. The number of fused-ring (bicyclic) bond motifs is 1. The van der Waals surface area contributed by atoms with Crippen molar-refractivity contribution < 1.29 is 4.74 Å². The number of ether oxygens (including phenoxy) is 1. The van der Waals surface area contributed by atoms with Gasteiger partial charge in [0.2, 0.25) is 0 Å². The Balaban J connectivity index is 1.28. The summed E-state index contributed by atoms with van der Waals surface area (Å²) in [6, 6.07) is 9.03. The minimum Gasteiger partial charge on any atom is -0.381 e. The highest BCUT2D eigenvalue weighted by Gasteiger charge is 2.25. The van der Waals surface area contributed by atoms with Crippen LogP contribution in [0, 0.1) is 5.92 Å². The van der Waals surface area contributed by atoms with Gasteiger partial charge in [-0.2, -0.15) is 0 Å². The molecule has 0 bridgehead atoms. The van der Waals surface area contributed by atoms with Gasteiger partial charge >= 0.3 is 0 Å². The van der Waals surface area contributed by atoms with Gasteiger partial charge in [-0.05, 0) is 31.4 Å². The standard InChI is InChI=1S/C19H27N3OS/c1-15(12-19-20-17-4-2-3-5-18(17)24-19)22-9-7-21(8-10-22)13-16-6-11-23-14-16/h2-5,15-16H,6-14H2,1H3/t15-,16-/m0/s1. The second-order valence-electron chi connectivity index (χ2n) is 7.19. The topological polar surface area (TPSA) is 28.6 Å². The molecule has 0 radical (unpaired) electrons. The van der Waals surface area contributed by atoms with Gasteiger partial charge in [0.1, 0.15) is 0 Å². The minimum atomic E-state index is 0.572. The molecule has 2 aromatic rings. The fourth-order valence-electron chi connectivity index (χ4n) is 3.87. The summed E-state index contributed by atoms with van der Waals surface area (Å²) in [6.07, 6.45) is 2.31. The normalized spacial score (nSPS) is 24.6.